The molecule has 3 atom stereocenters. The molecule has 2 amide bonds. The van der Waals surface area contributed by atoms with E-state index in [1.807, 2.05) is 46.4 Å². The Morgan fingerprint density at radius 2 is 1.05 bits per heavy atom. The van der Waals surface area contributed by atoms with Crippen LogP contribution in [0.15, 0.2) is 125 Å². The third-order valence-corrected chi connectivity index (χ3v) is 12.2. The molecule has 1 N–H and O–H groups in total. The van der Waals surface area contributed by atoms with E-state index in [4.69, 9.17) is 4.74 Å². The van der Waals surface area contributed by atoms with E-state index in [-0.39, 0.29) is 22.9 Å². The van der Waals surface area contributed by atoms with Crippen molar-refractivity contribution >= 4 is 11.8 Å². The van der Waals surface area contributed by atoms with Crippen LogP contribution >= 0.6 is 0 Å². The highest BCUT2D eigenvalue weighted by atomic mass is 19.1. The molecule has 4 aromatic carbocycles. The SMILES string of the molecule is O=C1c2c(O)c(=O)cnn2C(C(c2ccccc2)c2cccc(Oc3c4n(ncc3=O)C(C(c3cccc(F)c3)c3cccc(F)c3)N3CCCCN3C4=O)c2)N2CCCCN12. The molecule has 0 aliphatic carbocycles. The summed E-state index contributed by atoms with van der Waals surface area (Å²) in [7, 11) is 0. The Kier molecular flexibility index (Phi) is 9.95. The fourth-order valence-electron chi connectivity index (χ4n) is 9.51. The first-order chi connectivity index (χ1) is 30.2. The number of ether oxygens (including phenoxy) is 1. The summed E-state index contributed by atoms with van der Waals surface area (Å²) >= 11 is 0. The van der Waals surface area contributed by atoms with Crippen molar-refractivity contribution in [2.75, 3.05) is 26.2 Å². The number of hydrogen-bond donors (Lipinski definition) is 1. The molecule has 2 aromatic heterocycles. The summed E-state index contributed by atoms with van der Waals surface area (Å²) in [6.45, 7) is 1.64. The van der Waals surface area contributed by atoms with Crippen LogP contribution in [0.4, 0.5) is 8.78 Å². The van der Waals surface area contributed by atoms with Crippen LogP contribution in [-0.4, -0.2) is 82.7 Å². The molecule has 4 aliphatic heterocycles. The molecular weight excluding hydrogens is 799 g/mol. The molecule has 62 heavy (non-hydrogen) atoms. The van der Waals surface area contributed by atoms with Gasteiger partial charge in [-0.2, -0.15) is 20.2 Å². The van der Waals surface area contributed by atoms with Crippen molar-refractivity contribution < 1.29 is 28.2 Å². The van der Waals surface area contributed by atoms with Crippen LogP contribution in [0.5, 0.6) is 17.2 Å². The molecule has 314 valence electrons. The standard InChI is InChI=1S/C46H40F2N8O6/c47-32-16-8-13-29(23-32)38(30-14-9-17-33(48)24-30)44-52-20-5-7-22-54(52)46(61)40-42(36(58)27-50-56(40)44)62-34-18-10-15-31(25-34)37(28-11-2-1-3-12-28)43-51-19-4-6-21-53(51)45(60)39-41(59)35(57)26-49-55(39)43/h1-3,8-18,23-27,37-38,43-44,59H,4-7,19-22H2. The number of halogens is 2. The van der Waals surface area contributed by atoms with Crippen LogP contribution < -0.4 is 15.6 Å². The number of rotatable bonds is 8. The van der Waals surface area contributed by atoms with Crippen molar-refractivity contribution in [1.82, 2.24) is 39.6 Å². The van der Waals surface area contributed by atoms with Gasteiger partial charge in [-0.25, -0.2) is 18.1 Å². The quantitative estimate of drug-likeness (QED) is 0.189. The molecule has 6 heterocycles. The van der Waals surface area contributed by atoms with E-state index in [2.05, 4.69) is 10.2 Å². The number of aromatic nitrogens is 4. The number of benzene rings is 4. The van der Waals surface area contributed by atoms with E-state index in [1.54, 1.807) is 52.5 Å². The predicted octanol–water partition coefficient (Wildman–Crippen LogP) is 6.17. The largest absolute Gasteiger partial charge is 0.502 e. The van der Waals surface area contributed by atoms with Crippen LogP contribution in [0.25, 0.3) is 0 Å². The molecular formula is C46H40F2N8O6. The van der Waals surface area contributed by atoms with Gasteiger partial charge in [-0.05, 0) is 84.3 Å². The number of amides is 2. The van der Waals surface area contributed by atoms with Crippen molar-refractivity contribution in [3.63, 3.8) is 0 Å². The second-order valence-electron chi connectivity index (χ2n) is 15.9. The summed E-state index contributed by atoms with van der Waals surface area (Å²) in [5, 5.41) is 26.9. The van der Waals surface area contributed by atoms with Crippen LogP contribution in [-0.2, 0) is 0 Å². The van der Waals surface area contributed by atoms with E-state index in [0.29, 0.717) is 49.3 Å². The Morgan fingerprint density at radius 1 is 0.565 bits per heavy atom. The summed E-state index contributed by atoms with van der Waals surface area (Å²) in [6.07, 6.45) is 3.45. The van der Waals surface area contributed by atoms with E-state index in [9.17, 15) is 33.1 Å². The van der Waals surface area contributed by atoms with Gasteiger partial charge in [0.25, 0.3) is 11.8 Å². The van der Waals surface area contributed by atoms with Gasteiger partial charge < -0.3 is 9.84 Å². The Balaban J connectivity index is 1.11. The van der Waals surface area contributed by atoms with Crippen molar-refractivity contribution in [3.8, 4) is 17.2 Å². The molecule has 16 heteroatoms. The summed E-state index contributed by atoms with van der Waals surface area (Å²) in [4.78, 5) is 55.2. The fraction of sp³-hybridized carbons (Fsp3) is 0.261. The van der Waals surface area contributed by atoms with Gasteiger partial charge in [0.15, 0.2) is 17.1 Å². The highest BCUT2D eigenvalue weighted by molar-refractivity contribution is 5.96. The van der Waals surface area contributed by atoms with Gasteiger partial charge >= 0.3 is 0 Å². The van der Waals surface area contributed by atoms with Crippen molar-refractivity contribution in [2.24, 2.45) is 0 Å². The Bertz CT molecular complexity index is 2810. The van der Waals surface area contributed by atoms with Crippen LogP contribution in [0, 0.1) is 11.6 Å². The highest BCUT2D eigenvalue weighted by Gasteiger charge is 2.48. The van der Waals surface area contributed by atoms with Gasteiger partial charge in [-0.15, -0.1) is 0 Å². The van der Waals surface area contributed by atoms with Gasteiger partial charge in [0.1, 0.15) is 29.7 Å². The number of hydrogen-bond acceptors (Lipinski definition) is 10. The second-order valence-corrected chi connectivity index (χ2v) is 15.9. The molecule has 0 radical (unpaired) electrons. The second kappa shape index (κ2) is 15.8. The average molecular weight is 839 g/mol. The van der Waals surface area contributed by atoms with Gasteiger partial charge in [0.2, 0.25) is 16.6 Å². The van der Waals surface area contributed by atoms with Crippen molar-refractivity contribution in [2.45, 2.75) is 49.9 Å². The topological polar surface area (TPSA) is 146 Å². The predicted molar refractivity (Wildman–Crippen MR) is 220 cm³/mol. The molecule has 0 spiro atoms. The van der Waals surface area contributed by atoms with Crippen molar-refractivity contribution in [3.05, 3.63) is 181 Å². The average Bonchev–Trinajstić information content (AvgIpc) is 3.28. The maximum Gasteiger partial charge on any atom is 0.290 e. The maximum atomic E-state index is 15.0. The zero-order chi connectivity index (χ0) is 42.6. The zero-order valence-corrected chi connectivity index (χ0v) is 33.3. The molecule has 0 saturated carbocycles. The summed E-state index contributed by atoms with van der Waals surface area (Å²) in [5.41, 5.74) is 0.783. The maximum absolute atomic E-state index is 15.0. The summed E-state index contributed by atoms with van der Waals surface area (Å²) in [5.74, 6) is -4.10. The number of carbonyl (C=O) groups excluding carboxylic acids is 2. The molecule has 3 unspecified atom stereocenters. The number of aromatic hydroxyl groups is 1. The fourth-order valence-corrected chi connectivity index (χ4v) is 9.51. The number of carbonyl (C=O) groups is 2. The molecule has 0 bridgehead atoms. The Labute approximate surface area is 353 Å². The first kappa shape index (κ1) is 39.1. The third-order valence-electron chi connectivity index (χ3n) is 12.2. The molecule has 10 rings (SSSR count). The highest BCUT2D eigenvalue weighted by Crippen LogP contribution is 2.46. The summed E-state index contributed by atoms with van der Waals surface area (Å²) in [6, 6.07) is 28.6. The van der Waals surface area contributed by atoms with Crippen LogP contribution in [0.2, 0.25) is 0 Å². The first-order valence-corrected chi connectivity index (χ1v) is 20.6. The normalized spacial score (nSPS) is 19.4. The van der Waals surface area contributed by atoms with Gasteiger partial charge in [-0.3, -0.25) is 29.2 Å². The molecule has 2 saturated heterocycles. The number of fused-ring (bicyclic) bond motifs is 4. The first-order valence-electron chi connectivity index (χ1n) is 20.6. The Morgan fingerprint density at radius 3 is 1.65 bits per heavy atom. The molecule has 6 aromatic rings. The van der Waals surface area contributed by atoms with E-state index in [0.717, 1.165) is 37.2 Å². The van der Waals surface area contributed by atoms with Gasteiger partial charge in [0.05, 0.1) is 12.4 Å². The lowest BCUT2D eigenvalue weighted by molar-refractivity contribution is -0.104. The third kappa shape index (κ3) is 6.62. The zero-order valence-electron chi connectivity index (χ0n) is 33.3. The van der Waals surface area contributed by atoms with E-state index < -0.39 is 64.2 Å². The lowest BCUT2D eigenvalue weighted by Crippen LogP contribution is -2.59. The lowest BCUT2D eigenvalue weighted by atomic mass is 9.87. The molecule has 4 aliphatic rings. The van der Waals surface area contributed by atoms with Crippen LogP contribution in [0.1, 0.15) is 93.1 Å². The minimum Gasteiger partial charge on any atom is -0.502 e. The van der Waals surface area contributed by atoms with E-state index >= 15 is 0 Å². The van der Waals surface area contributed by atoms with Crippen molar-refractivity contribution in [1.29, 1.82) is 0 Å². The smallest absolute Gasteiger partial charge is 0.290 e. The van der Waals surface area contributed by atoms with Gasteiger partial charge in [-0.1, -0.05) is 66.7 Å². The minimum atomic E-state index is -0.847. The van der Waals surface area contributed by atoms with Gasteiger partial charge in [0, 0.05) is 38.0 Å². The lowest BCUT2D eigenvalue weighted by Gasteiger charge is -2.50. The minimum absolute atomic E-state index is 0.115. The van der Waals surface area contributed by atoms with Crippen LogP contribution in [0.3, 0.4) is 0 Å². The molecule has 14 nitrogen and oxygen atoms in total. The summed E-state index contributed by atoms with van der Waals surface area (Å²) < 4.78 is 39.3. The monoisotopic (exact) mass is 838 g/mol. The number of nitrogens with zero attached hydrogens (tertiary/aromatic N) is 8. The Hall–Kier alpha value is -7.04. The number of hydrazine groups is 2. The molecule has 2 fully saturated rings. The van der Waals surface area contributed by atoms with E-state index in [1.165, 1.54) is 33.6 Å².